The van der Waals surface area contributed by atoms with Gasteiger partial charge in [0.2, 0.25) is 0 Å². The van der Waals surface area contributed by atoms with Gasteiger partial charge in [0.15, 0.2) is 5.11 Å². The molecule has 17 heavy (non-hydrogen) atoms. The second kappa shape index (κ2) is 5.33. The first-order valence-electron chi connectivity index (χ1n) is 4.26. The van der Waals surface area contributed by atoms with E-state index in [4.69, 9.17) is 17.3 Å². The Kier molecular flexibility index (Phi) is 4.30. The Balaban J connectivity index is 2.97. The number of hydrazone groups is 1. The molecule has 0 aliphatic carbocycles. The van der Waals surface area contributed by atoms with Crippen LogP contribution in [0.3, 0.4) is 0 Å². The lowest BCUT2D eigenvalue weighted by Crippen LogP contribution is -2.24. The summed E-state index contributed by atoms with van der Waals surface area (Å²) < 4.78 is 37.5. The third-order valence-corrected chi connectivity index (χ3v) is 2.11. The molecule has 0 spiro atoms. The average molecular weight is 282 g/mol. The van der Waals surface area contributed by atoms with Gasteiger partial charge in [-0.1, -0.05) is 17.7 Å². The molecule has 0 saturated carbocycles. The fourth-order valence-corrected chi connectivity index (χ4v) is 1.29. The highest BCUT2D eigenvalue weighted by molar-refractivity contribution is 7.80. The SMILES string of the molecule is NC(=S)NN=Cc1ccc(Cl)c(C(F)(F)F)c1. The quantitative estimate of drug-likeness (QED) is 0.497. The van der Waals surface area contributed by atoms with Crippen molar-refractivity contribution in [3.05, 3.63) is 34.3 Å². The van der Waals surface area contributed by atoms with Gasteiger partial charge in [-0.3, -0.25) is 5.43 Å². The summed E-state index contributed by atoms with van der Waals surface area (Å²) in [4.78, 5) is 0. The van der Waals surface area contributed by atoms with Crippen molar-refractivity contribution in [1.29, 1.82) is 0 Å². The highest BCUT2D eigenvalue weighted by Gasteiger charge is 2.33. The molecule has 0 bridgehead atoms. The van der Waals surface area contributed by atoms with Crippen LogP contribution in [0.5, 0.6) is 0 Å². The number of alkyl halides is 3. The van der Waals surface area contributed by atoms with Crippen molar-refractivity contribution in [3.8, 4) is 0 Å². The molecule has 0 aliphatic heterocycles. The van der Waals surface area contributed by atoms with E-state index in [1.807, 2.05) is 0 Å². The zero-order valence-electron chi connectivity index (χ0n) is 8.25. The van der Waals surface area contributed by atoms with Crippen molar-refractivity contribution in [1.82, 2.24) is 5.43 Å². The molecule has 0 fully saturated rings. The van der Waals surface area contributed by atoms with E-state index in [9.17, 15) is 13.2 Å². The van der Waals surface area contributed by atoms with Gasteiger partial charge in [-0.2, -0.15) is 18.3 Å². The molecule has 0 amide bonds. The van der Waals surface area contributed by atoms with Crippen molar-refractivity contribution in [2.75, 3.05) is 0 Å². The number of nitrogens with two attached hydrogens (primary N) is 1. The number of hydrogen-bond acceptors (Lipinski definition) is 2. The van der Waals surface area contributed by atoms with Crippen molar-refractivity contribution in [2.45, 2.75) is 6.18 Å². The number of nitrogens with zero attached hydrogens (tertiary/aromatic N) is 1. The first-order valence-corrected chi connectivity index (χ1v) is 5.04. The number of hydrogen-bond donors (Lipinski definition) is 2. The Bertz CT molecular complexity index is 459. The van der Waals surface area contributed by atoms with Crippen LogP contribution in [0, 0.1) is 0 Å². The van der Waals surface area contributed by atoms with Crippen LogP contribution in [-0.2, 0) is 6.18 Å². The third kappa shape index (κ3) is 4.20. The first kappa shape index (κ1) is 13.7. The van der Waals surface area contributed by atoms with Crippen LogP contribution in [0.1, 0.15) is 11.1 Å². The molecule has 0 unspecified atom stereocenters. The van der Waals surface area contributed by atoms with Crippen molar-refractivity contribution in [2.24, 2.45) is 10.8 Å². The summed E-state index contributed by atoms with van der Waals surface area (Å²) in [5.74, 6) is 0. The second-order valence-corrected chi connectivity index (χ2v) is 3.82. The molecule has 0 radical (unpaired) electrons. The lowest BCUT2D eigenvalue weighted by atomic mass is 10.1. The molecule has 8 heteroatoms. The number of halogens is 4. The van der Waals surface area contributed by atoms with Crippen LogP contribution in [0.15, 0.2) is 23.3 Å². The monoisotopic (exact) mass is 281 g/mol. The maximum absolute atomic E-state index is 12.5. The van der Waals surface area contributed by atoms with E-state index >= 15 is 0 Å². The molecule has 1 rings (SSSR count). The smallest absolute Gasteiger partial charge is 0.375 e. The molecule has 0 heterocycles. The molecule has 0 aromatic heterocycles. The summed E-state index contributed by atoms with van der Waals surface area (Å²) in [7, 11) is 0. The van der Waals surface area contributed by atoms with Crippen LogP contribution >= 0.6 is 23.8 Å². The fraction of sp³-hybridized carbons (Fsp3) is 0.111. The van der Waals surface area contributed by atoms with Gasteiger partial charge in [0.25, 0.3) is 0 Å². The highest BCUT2D eigenvalue weighted by Crippen LogP contribution is 2.34. The molecule has 3 nitrogen and oxygen atoms in total. The van der Waals surface area contributed by atoms with Gasteiger partial charge in [0.1, 0.15) is 0 Å². The third-order valence-electron chi connectivity index (χ3n) is 1.68. The molecule has 0 atom stereocenters. The highest BCUT2D eigenvalue weighted by atomic mass is 35.5. The number of thiocarbonyl (C=S) groups is 1. The van der Waals surface area contributed by atoms with Gasteiger partial charge < -0.3 is 5.73 Å². The lowest BCUT2D eigenvalue weighted by Gasteiger charge is -2.09. The zero-order valence-corrected chi connectivity index (χ0v) is 9.83. The molecular formula is C9H7ClF3N3S. The predicted octanol–water partition coefficient (Wildman–Crippen LogP) is 2.53. The molecule has 1 aromatic rings. The second-order valence-electron chi connectivity index (χ2n) is 2.97. The van der Waals surface area contributed by atoms with Gasteiger partial charge in [-0.25, -0.2) is 0 Å². The van der Waals surface area contributed by atoms with E-state index < -0.39 is 11.7 Å². The summed E-state index contributed by atoms with van der Waals surface area (Å²) in [6.45, 7) is 0. The molecule has 1 aromatic carbocycles. The van der Waals surface area contributed by atoms with Crippen LogP contribution in [0.4, 0.5) is 13.2 Å². The van der Waals surface area contributed by atoms with Crippen LogP contribution < -0.4 is 11.2 Å². The van der Waals surface area contributed by atoms with E-state index in [-0.39, 0.29) is 15.7 Å². The van der Waals surface area contributed by atoms with E-state index in [0.717, 1.165) is 18.3 Å². The van der Waals surface area contributed by atoms with Crippen molar-refractivity contribution < 1.29 is 13.2 Å². The maximum atomic E-state index is 12.5. The molecule has 0 aliphatic rings. The Hall–Kier alpha value is -1.34. The van der Waals surface area contributed by atoms with Crippen LogP contribution in [-0.4, -0.2) is 11.3 Å². The first-order chi connectivity index (χ1) is 7.80. The molecule has 92 valence electrons. The fourth-order valence-electron chi connectivity index (χ4n) is 1.01. The minimum atomic E-state index is -4.50. The Morgan fingerprint density at radius 1 is 1.47 bits per heavy atom. The van der Waals surface area contributed by atoms with Crippen LogP contribution in [0.2, 0.25) is 5.02 Å². The Morgan fingerprint density at radius 3 is 2.65 bits per heavy atom. The number of nitrogens with one attached hydrogen (secondary N) is 1. The van der Waals surface area contributed by atoms with Gasteiger partial charge in [0.05, 0.1) is 16.8 Å². The Labute approximate surface area is 105 Å². The predicted molar refractivity (Wildman–Crippen MR) is 64.0 cm³/mol. The minimum Gasteiger partial charge on any atom is -0.375 e. The Morgan fingerprint density at radius 2 is 2.12 bits per heavy atom. The van der Waals surface area contributed by atoms with E-state index in [1.54, 1.807) is 0 Å². The van der Waals surface area contributed by atoms with E-state index in [2.05, 4.69) is 22.7 Å². The standard InChI is InChI=1S/C9H7ClF3N3S/c10-7-2-1-5(4-15-16-8(14)17)3-6(7)9(11,12)13/h1-4H,(H3,14,16,17). The maximum Gasteiger partial charge on any atom is 0.417 e. The lowest BCUT2D eigenvalue weighted by molar-refractivity contribution is -0.137. The van der Waals surface area contributed by atoms with Crippen LogP contribution in [0.25, 0.3) is 0 Å². The molecule has 0 saturated heterocycles. The van der Waals surface area contributed by atoms with Gasteiger partial charge in [-0.15, -0.1) is 0 Å². The summed E-state index contributed by atoms with van der Waals surface area (Å²) in [6, 6.07) is 3.42. The van der Waals surface area contributed by atoms with Crippen molar-refractivity contribution in [3.63, 3.8) is 0 Å². The van der Waals surface area contributed by atoms with Gasteiger partial charge >= 0.3 is 6.18 Å². The summed E-state index contributed by atoms with van der Waals surface area (Å²) in [6.07, 6.45) is -3.34. The summed E-state index contributed by atoms with van der Waals surface area (Å²) in [5.41, 5.74) is 6.63. The zero-order chi connectivity index (χ0) is 13.1. The topological polar surface area (TPSA) is 50.4 Å². The number of benzene rings is 1. The molecule has 3 N–H and O–H groups in total. The summed E-state index contributed by atoms with van der Waals surface area (Å²) >= 11 is 9.91. The average Bonchev–Trinajstić information content (AvgIpc) is 2.18. The normalized spacial score (nSPS) is 11.8. The minimum absolute atomic E-state index is 0.0775. The van der Waals surface area contributed by atoms with Gasteiger partial charge in [0, 0.05) is 0 Å². The largest absolute Gasteiger partial charge is 0.417 e. The molecular weight excluding hydrogens is 275 g/mol. The van der Waals surface area contributed by atoms with Crippen molar-refractivity contribution >= 4 is 35.1 Å². The van der Waals surface area contributed by atoms with E-state index in [0.29, 0.717) is 0 Å². The van der Waals surface area contributed by atoms with Gasteiger partial charge in [-0.05, 0) is 29.9 Å². The summed E-state index contributed by atoms with van der Waals surface area (Å²) in [5, 5.41) is 3.10. The van der Waals surface area contributed by atoms with E-state index in [1.165, 1.54) is 6.07 Å². The number of rotatable bonds is 2.